The first kappa shape index (κ1) is 10.7. The van der Waals surface area contributed by atoms with Gasteiger partial charge in [0.2, 0.25) is 0 Å². The number of ketones is 1. The van der Waals surface area contributed by atoms with Gasteiger partial charge in [0.05, 0.1) is 11.8 Å². The van der Waals surface area contributed by atoms with E-state index in [1.807, 2.05) is 0 Å². The molecule has 0 aromatic rings. The minimum absolute atomic E-state index is 0.135. The predicted molar refractivity (Wildman–Crippen MR) is 42.0 cm³/mol. The number of ether oxygens (including phenoxy) is 1. The molecule has 0 rings (SSSR count). The lowest BCUT2D eigenvalue weighted by Gasteiger charge is -1.99. The lowest BCUT2D eigenvalue weighted by atomic mass is 10.3. The summed E-state index contributed by atoms with van der Waals surface area (Å²) in [5, 5.41) is 0. The van der Waals surface area contributed by atoms with Gasteiger partial charge in [-0.2, -0.15) is 0 Å². The molecule has 0 unspecified atom stereocenters. The average molecular weight is 199 g/mol. The summed E-state index contributed by atoms with van der Waals surface area (Å²) in [7, 11) is 0. The molecule has 5 heteroatoms. The van der Waals surface area contributed by atoms with E-state index in [4.69, 9.17) is 23.2 Å². The van der Waals surface area contributed by atoms with Gasteiger partial charge in [-0.05, 0) is 0 Å². The number of alkyl halides is 2. The van der Waals surface area contributed by atoms with Crippen LogP contribution in [0.25, 0.3) is 0 Å². The van der Waals surface area contributed by atoms with Crippen molar-refractivity contribution >= 4 is 35.0 Å². The SMILES string of the molecule is O=C(CCl)CC(=O)OCCCl. The van der Waals surface area contributed by atoms with Gasteiger partial charge in [0.1, 0.15) is 13.0 Å². The lowest BCUT2D eigenvalue weighted by Crippen LogP contribution is -2.13. The van der Waals surface area contributed by atoms with E-state index in [0.29, 0.717) is 0 Å². The van der Waals surface area contributed by atoms with Crippen molar-refractivity contribution in [1.82, 2.24) is 0 Å². The van der Waals surface area contributed by atoms with Gasteiger partial charge in [0.15, 0.2) is 5.78 Å². The van der Waals surface area contributed by atoms with E-state index in [2.05, 4.69) is 4.74 Å². The summed E-state index contributed by atoms with van der Waals surface area (Å²) in [6.45, 7) is 0.135. The molecule has 3 nitrogen and oxygen atoms in total. The zero-order chi connectivity index (χ0) is 8.69. The molecule has 0 saturated carbocycles. The van der Waals surface area contributed by atoms with Gasteiger partial charge in [-0.15, -0.1) is 23.2 Å². The van der Waals surface area contributed by atoms with Crippen molar-refractivity contribution in [1.29, 1.82) is 0 Å². The third-order valence-electron chi connectivity index (χ3n) is 0.831. The van der Waals surface area contributed by atoms with Crippen molar-refractivity contribution < 1.29 is 14.3 Å². The van der Waals surface area contributed by atoms with E-state index in [1.165, 1.54) is 0 Å². The number of hydrogen-bond donors (Lipinski definition) is 0. The monoisotopic (exact) mass is 198 g/mol. The lowest BCUT2D eigenvalue weighted by molar-refractivity contribution is -0.145. The molecule has 11 heavy (non-hydrogen) atoms. The van der Waals surface area contributed by atoms with Gasteiger partial charge >= 0.3 is 5.97 Å². The van der Waals surface area contributed by atoms with Crippen molar-refractivity contribution in [3.05, 3.63) is 0 Å². The Morgan fingerprint density at radius 1 is 1.27 bits per heavy atom. The second-order valence-corrected chi connectivity index (χ2v) is 2.40. The fourth-order valence-corrected chi connectivity index (χ4v) is 0.583. The molecule has 0 spiro atoms. The number of carbonyl (C=O) groups is 2. The normalized spacial score (nSPS) is 9.27. The highest BCUT2D eigenvalue weighted by atomic mass is 35.5. The highest BCUT2D eigenvalue weighted by Crippen LogP contribution is 1.91. The summed E-state index contributed by atoms with van der Waals surface area (Å²) < 4.78 is 4.51. The number of rotatable bonds is 5. The topological polar surface area (TPSA) is 43.4 Å². The molecular weight excluding hydrogens is 191 g/mol. The van der Waals surface area contributed by atoms with Crippen LogP contribution in [-0.4, -0.2) is 30.1 Å². The Bertz CT molecular complexity index is 147. The molecule has 0 N–H and O–H groups in total. The molecular formula is C6H8Cl2O3. The van der Waals surface area contributed by atoms with E-state index in [9.17, 15) is 9.59 Å². The summed E-state index contributed by atoms with van der Waals surface area (Å²) >= 11 is 10.4. The highest BCUT2D eigenvalue weighted by molar-refractivity contribution is 6.28. The zero-order valence-corrected chi connectivity index (χ0v) is 7.32. The second kappa shape index (κ2) is 6.43. The van der Waals surface area contributed by atoms with Crippen molar-refractivity contribution in [3.8, 4) is 0 Å². The highest BCUT2D eigenvalue weighted by Gasteiger charge is 2.08. The van der Waals surface area contributed by atoms with Gasteiger partial charge < -0.3 is 4.74 Å². The number of carbonyl (C=O) groups excluding carboxylic acids is 2. The summed E-state index contributed by atoms with van der Waals surface area (Å²) in [4.78, 5) is 21.1. The molecule has 0 aliphatic carbocycles. The first-order valence-corrected chi connectivity index (χ1v) is 4.07. The minimum atomic E-state index is -0.573. The zero-order valence-electron chi connectivity index (χ0n) is 5.81. The molecule has 0 aliphatic rings. The summed E-state index contributed by atoms with van der Waals surface area (Å²) in [5.41, 5.74) is 0. The Morgan fingerprint density at radius 2 is 1.91 bits per heavy atom. The first-order valence-electron chi connectivity index (χ1n) is 3.00. The van der Waals surface area contributed by atoms with Gasteiger partial charge in [-0.25, -0.2) is 0 Å². The second-order valence-electron chi connectivity index (χ2n) is 1.76. The van der Waals surface area contributed by atoms with E-state index < -0.39 is 5.97 Å². The molecule has 0 bridgehead atoms. The van der Waals surface area contributed by atoms with Gasteiger partial charge in [0, 0.05) is 0 Å². The van der Waals surface area contributed by atoms with E-state index in [1.54, 1.807) is 0 Å². The van der Waals surface area contributed by atoms with Crippen LogP contribution in [0.1, 0.15) is 6.42 Å². The Morgan fingerprint density at radius 3 is 2.36 bits per heavy atom. The number of hydrogen-bond acceptors (Lipinski definition) is 3. The maximum atomic E-state index is 10.6. The fourth-order valence-electron chi connectivity index (χ4n) is 0.412. The summed E-state index contributed by atoms with van der Waals surface area (Å²) in [5.74, 6) is -0.834. The molecule has 0 radical (unpaired) electrons. The quantitative estimate of drug-likeness (QED) is 0.376. The average Bonchev–Trinajstić information content (AvgIpc) is 2.00. The van der Waals surface area contributed by atoms with Crippen LogP contribution < -0.4 is 0 Å². The Balaban J connectivity index is 3.44. The van der Waals surface area contributed by atoms with Gasteiger partial charge in [-0.1, -0.05) is 0 Å². The van der Waals surface area contributed by atoms with Crippen molar-refractivity contribution in [2.75, 3.05) is 18.4 Å². The largest absolute Gasteiger partial charge is 0.464 e. The van der Waals surface area contributed by atoms with Crippen LogP contribution >= 0.6 is 23.2 Å². The van der Waals surface area contributed by atoms with Crippen LogP contribution in [0.5, 0.6) is 0 Å². The van der Waals surface area contributed by atoms with Crippen LogP contribution in [0.4, 0.5) is 0 Å². The fraction of sp³-hybridized carbons (Fsp3) is 0.667. The molecule has 0 fully saturated rings. The van der Waals surface area contributed by atoms with Crippen LogP contribution in [0, 0.1) is 0 Å². The number of halogens is 2. The van der Waals surface area contributed by atoms with Crippen molar-refractivity contribution in [2.45, 2.75) is 6.42 Å². The van der Waals surface area contributed by atoms with Crippen LogP contribution in [0.15, 0.2) is 0 Å². The van der Waals surface area contributed by atoms with E-state index in [0.717, 1.165) is 0 Å². The predicted octanol–water partition coefficient (Wildman–Crippen LogP) is 0.966. The Kier molecular flexibility index (Phi) is 6.27. The Hall–Kier alpha value is -0.280. The van der Waals surface area contributed by atoms with Crippen LogP contribution in [0.2, 0.25) is 0 Å². The van der Waals surface area contributed by atoms with Crippen molar-refractivity contribution in [3.63, 3.8) is 0 Å². The molecule has 0 heterocycles. The molecule has 0 amide bonds. The summed E-state index contributed by atoms with van der Waals surface area (Å²) in [6, 6.07) is 0. The smallest absolute Gasteiger partial charge is 0.313 e. The number of Topliss-reactive ketones (excluding diaryl/α,β-unsaturated/α-hetero) is 1. The first-order chi connectivity index (χ1) is 5.20. The van der Waals surface area contributed by atoms with Gasteiger partial charge in [0.25, 0.3) is 0 Å². The molecule has 0 aromatic carbocycles. The standard InChI is InChI=1S/C6H8Cl2O3/c7-1-2-11-6(10)3-5(9)4-8/h1-4H2. The third kappa shape index (κ3) is 6.13. The van der Waals surface area contributed by atoms with Gasteiger partial charge in [-0.3, -0.25) is 9.59 Å². The van der Waals surface area contributed by atoms with Crippen molar-refractivity contribution in [2.24, 2.45) is 0 Å². The molecule has 0 atom stereocenters. The number of esters is 1. The minimum Gasteiger partial charge on any atom is -0.464 e. The molecule has 0 aliphatic heterocycles. The van der Waals surface area contributed by atoms with E-state index in [-0.39, 0.29) is 30.6 Å². The Labute approximate surface area is 74.6 Å². The summed E-state index contributed by atoms with van der Waals surface area (Å²) in [6.07, 6.45) is -0.264. The van der Waals surface area contributed by atoms with Crippen LogP contribution in [-0.2, 0) is 14.3 Å². The maximum absolute atomic E-state index is 10.6. The van der Waals surface area contributed by atoms with Crippen LogP contribution in [0.3, 0.4) is 0 Å². The van der Waals surface area contributed by atoms with E-state index >= 15 is 0 Å². The molecule has 64 valence electrons. The maximum Gasteiger partial charge on any atom is 0.313 e. The molecule has 0 saturated heterocycles. The third-order valence-corrected chi connectivity index (χ3v) is 1.28. The molecule has 0 aromatic heterocycles.